The zero-order chi connectivity index (χ0) is 21.3. The van der Waals surface area contributed by atoms with Crippen LogP contribution in [-0.2, 0) is 5.41 Å². The van der Waals surface area contributed by atoms with Gasteiger partial charge in [-0.25, -0.2) is 4.98 Å². The normalized spacial score (nSPS) is 11.5. The van der Waals surface area contributed by atoms with Crippen molar-refractivity contribution in [2.24, 2.45) is 0 Å². The minimum Gasteiger partial charge on any atom is -0.449 e. The quantitative estimate of drug-likeness (QED) is 0.493. The third kappa shape index (κ3) is 3.89. The molecule has 2 aromatic heterocycles. The summed E-state index contributed by atoms with van der Waals surface area (Å²) in [5, 5.41) is 4.39. The summed E-state index contributed by atoms with van der Waals surface area (Å²) in [6.07, 6.45) is 6.62. The van der Waals surface area contributed by atoms with Crippen LogP contribution < -0.4 is 10.3 Å². The molecule has 0 saturated heterocycles. The molecule has 2 aromatic carbocycles. The molecule has 0 spiro atoms. The highest BCUT2D eigenvalue weighted by atomic mass is 16.5. The van der Waals surface area contributed by atoms with Gasteiger partial charge in [0.05, 0.1) is 18.2 Å². The first-order chi connectivity index (χ1) is 14.3. The second-order valence-corrected chi connectivity index (χ2v) is 8.26. The summed E-state index contributed by atoms with van der Waals surface area (Å²) in [5.74, 6) is 0.770. The lowest BCUT2D eigenvalue weighted by Crippen LogP contribution is -2.24. The van der Waals surface area contributed by atoms with Gasteiger partial charge >= 0.3 is 5.56 Å². The lowest BCUT2D eigenvalue weighted by molar-refractivity contribution is 0.464. The van der Waals surface area contributed by atoms with Crippen LogP contribution in [0.15, 0.2) is 78.2 Å². The molecule has 4 aromatic rings. The number of ether oxygens (including phenoxy) is 1. The van der Waals surface area contributed by atoms with E-state index in [1.807, 2.05) is 55.5 Å². The highest BCUT2D eigenvalue weighted by molar-refractivity contribution is 5.48. The number of aromatic nitrogens is 4. The average Bonchev–Trinajstić information content (AvgIpc) is 3.25. The Kier molecular flexibility index (Phi) is 4.99. The maximum absolute atomic E-state index is 13.4. The molecule has 0 atom stereocenters. The highest BCUT2D eigenvalue weighted by Crippen LogP contribution is 2.26. The minimum absolute atomic E-state index is 0.0297. The smallest absolute Gasteiger partial charge is 0.316 e. The van der Waals surface area contributed by atoms with Gasteiger partial charge in [0, 0.05) is 12.4 Å². The van der Waals surface area contributed by atoms with Gasteiger partial charge < -0.3 is 9.30 Å². The van der Waals surface area contributed by atoms with Crippen molar-refractivity contribution in [3.05, 3.63) is 94.9 Å². The molecule has 152 valence electrons. The van der Waals surface area contributed by atoms with Crippen molar-refractivity contribution in [3.63, 3.8) is 0 Å². The molecule has 0 amide bonds. The van der Waals surface area contributed by atoms with Crippen LogP contribution in [0, 0.1) is 6.92 Å². The second-order valence-electron chi connectivity index (χ2n) is 8.26. The zero-order valence-corrected chi connectivity index (χ0v) is 17.5. The van der Waals surface area contributed by atoms with Crippen molar-refractivity contribution in [1.29, 1.82) is 0 Å². The van der Waals surface area contributed by atoms with E-state index in [0.29, 0.717) is 17.1 Å². The molecular formula is C24H24N4O2. The fraction of sp³-hybridized carbons (Fsp3) is 0.208. The molecule has 0 aliphatic rings. The van der Waals surface area contributed by atoms with Crippen LogP contribution >= 0.6 is 0 Å². The van der Waals surface area contributed by atoms with E-state index in [2.05, 4.69) is 30.9 Å². The molecule has 6 nitrogen and oxygen atoms in total. The van der Waals surface area contributed by atoms with E-state index in [1.54, 1.807) is 29.5 Å². The molecular weight excluding hydrogens is 376 g/mol. The van der Waals surface area contributed by atoms with Crippen molar-refractivity contribution in [1.82, 2.24) is 19.3 Å². The van der Waals surface area contributed by atoms with Crippen LogP contribution in [-0.4, -0.2) is 19.3 Å². The predicted octanol–water partition coefficient (Wildman–Crippen LogP) is 4.82. The molecule has 4 rings (SSSR count). The van der Waals surface area contributed by atoms with Crippen LogP contribution in [0.3, 0.4) is 0 Å². The first-order valence-corrected chi connectivity index (χ1v) is 9.79. The number of nitrogens with zero attached hydrogens (tertiary/aromatic N) is 4. The van der Waals surface area contributed by atoms with Crippen LogP contribution in [0.1, 0.15) is 31.9 Å². The number of rotatable bonds is 4. The number of imidazole rings is 1. The summed E-state index contributed by atoms with van der Waals surface area (Å²) in [5.41, 5.74) is 3.20. The average molecular weight is 400 g/mol. The molecule has 0 aliphatic carbocycles. The molecule has 0 saturated carbocycles. The van der Waals surface area contributed by atoms with Crippen molar-refractivity contribution in [2.45, 2.75) is 33.1 Å². The Bertz CT molecular complexity index is 1200. The predicted molar refractivity (Wildman–Crippen MR) is 117 cm³/mol. The number of aryl methyl sites for hydroxylation is 1. The van der Waals surface area contributed by atoms with Crippen LogP contribution in [0.5, 0.6) is 11.5 Å². The third-order valence-electron chi connectivity index (χ3n) is 4.92. The van der Waals surface area contributed by atoms with Crippen LogP contribution in [0.4, 0.5) is 0 Å². The molecule has 0 bridgehead atoms. The van der Waals surface area contributed by atoms with Gasteiger partial charge in [-0.1, -0.05) is 50.6 Å². The van der Waals surface area contributed by atoms with Crippen LogP contribution in [0.2, 0.25) is 0 Å². The van der Waals surface area contributed by atoms with Gasteiger partial charge in [0.2, 0.25) is 5.75 Å². The standard InChI is InChI=1S/C24H24N4O2/c1-17-5-11-20(12-6-17)30-22-21(27-14-13-25-16-27)15-26-28(23(22)29)19-9-7-18(8-10-19)24(2,3)4/h5-16H,1-4H3. The topological polar surface area (TPSA) is 61.9 Å². The molecule has 30 heavy (non-hydrogen) atoms. The lowest BCUT2D eigenvalue weighted by Gasteiger charge is -2.19. The van der Waals surface area contributed by atoms with Crippen molar-refractivity contribution in [3.8, 4) is 22.9 Å². The van der Waals surface area contributed by atoms with Crippen molar-refractivity contribution < 1.29 is 4.74 Å². The number of hydrogen-bond donors (Lipinski definition) is 0. The Morgan fingerprint density at radius 3 is 2.27 bits per heavy atom. The van der Waals surface area contributed by atoms with E-state index < -0.39 is 0 Å². The van der Waals surface area contributed by atoms with E-state index in [9.17, 15) is 4.79 Å². The Hall–Kier alpha value is -3.67. The summed E-state index contributed by atoms with van der Waals surface area (Å²) in [4.78, 5) is 17.5. The van der Waals surface area contributed by atoms with Gasteiger partial charge in [0.25, 0.3) is 0 Å². The maximum atomic E-state index is 13.4. The van der Waals surface area contributed by atoms with Gasteiger partial charge in [-0.15, -0.1) is 0 Å². The summed E-state index contributed by atoms with van der Waals surface area (Å²) >= 11 is 0. The Morgan fingerprint density at radius 1 is 0.967 bits per heavy atom. The minimum atomic E-state index is -0.342. The van der Waals surface area contributed by atoms with Gasteiger partial charge in [-0.3, -0.25) is 4.79 Å². The molecule has 0 radical (unpaired) electrons. The van der Waals surface area contributed by atoms with Crippen LogP contribution in [0.25, 0.3) is 11.4 Å². The highest BCUT2D eigenvalue weighted by Gasteiger charge is 2.18. The van der Waals surface area contributed by atoms with E-state index >= 15 is 0 Å². The summed E-state index contributed by atoms with van der Waals surface area (Å²) in [6, 6.07) is 15.4. The summed E-state index contributed by atoms with van der Waals surface area (Å²) in [7, 11) is 0. The molecule has 6 heteroatoms. The summed E-state index contributed by atoms with van der Waals surface area (Å²) in [6.45, 7) is 8.46. The molecule has 0 aliphatic heterocycles. The third-order valence-corrected chi connectivity index (χ3v) is 4.92. The SMILES string of the molecule is Cc1ccc(Oc2c(-n3ccnc3)cnn(-c3ccc(C(C)(C)C)cc3)c2=O)cc1. The molecule has 0 fully saturated rings. The van der Waals surface area contributed by atoms with Gasteiger partial charge in [0.1, 0.15) is 11.4 Å². The molecule has 0 N–H and O–H groups in total. The van der Waals surface area contributed by atoms with E-state index in [1.165, 1.54) is 10.2 Å². The first-order valence-electron chi connectivity index (χ1n) is 9.79. The number of hydrogen-bond acceptors (Lipinski definition) is 4. The fourth-order valence-electron chi connectivity index (χ4n) is 3.12. The Morgan fingerprint density at radius 2 is 1.67 bits per heavy atom. The monoisotopic (exact) mass is 400 g/mol. The second kappa shape index (κ2) is 7.63. The summed E-state index contributed by atoms with van der Waals surface area (Å²) < 4.78 is 9.11. The van der Waals surface area contributed by atoms with E-state index in [-0.39, 0.29) is 16.7 Å². The molecule has 2 heterocycles. The largest absolute Gasteiger partial charge is 0.449 e. The van der Waals surface area contributed by atoms with E-state index in [4.69, 9.17) is 4.74 Å². The number of benzene rings is 2. The Labute approximate surface area is 175 Å². The van der Waals surface area contributed by atoms with Crippen molar-refractivity contribution in [2.75, 3.05) is 0 Å². The fourth-order valence-corrected chi connectivity index (χ4v) is 3.12. The Balaban J connectivity index is 1.82. The molecule has 0 unspecified atom stereocenters. The van der Waals surface area contributed by atoms with E-state index in [0.717, 1.165) is 5.56 Å². The zero-order valence-electron chi connectivity index (χ0n) is 17.5. The maximum Gasteiger partial charge on any atom is 0.316 e. The first kappa shape index (κ1) is 19.6. The van der Waals surface area contributed by atoms with Gasteiger partial charge in [-0.2, -0.15) is 9.78 Å². The van der Waals surface area contributed by atoms with Gasteiger partial charge in [0.15, 0.2) is 0 Å². The van der Waals surface area contributed by atoms with Gasteiger partial charge in [-0.05, 0) is 42.2 Å². The lowest BCUT2D eigenvalue weighted by atomic mass is 9.87. The van der Waals surface area contributed by atoms with Crippen molar-refractivity contribution >= 4 is 0 Å².